The van der Waals surface area contributed by atoms with Crippen molar-refractivity contribution in [1.82, 2.24) is 5.32 Å². The average Bonchev–Trinajstić information content (AvgIpc) is 2.51. The summed E-state index contributed by atoms with van der Waals surface area (Å²) in [6, 6.07) is 9.61. The minimum atomic E-state index is -0.361. The Balaban J connectivity index is 0. The molecule has 0 saturated carbocycles. The molecule has 0 bridgehead atoms. The summed E-state index contributed by atoms with van der Waals surface area (Å²) in [6.45, 7) is 8.96. The Morgan fingerprint density at radius 2 is 1.74 bits per heavy atom. The molecule has 4 heteroatoms. The maximum absolute atomic E-state index is 11.1. The predicted molar refractivity (Wildman–Crippen MR) is 85.7 cm³/mol. The summed E-state index contributed by atoms with van der Waals surface area (Å²) in [6.07, 6.45) is 0.542. The third-order valence-electron chi connectivity index (χ3n) is 1.79. The van der Waals surface area contributed by atoms with Crippen LogP contribution in [0.25, 0.3) is 0 Å². The SMILES string of the molecule is CC.CC.O=C(NCCCBr)OCc1ccccc1. The van der Waals surface area contributed by atoms with E-state index < -0.39 is 0 Å². The largest absolute Gasteiger partial charge is 0.445 e. The van der Waals surface area contributed by atoms with Gasteiger partial charge in [0.2, 0.25) is 0 Å². The molecule has 0 aliphatic carbocycles. The molecule has 0 heterocycles. The van der Waals surface area contributed by atoms with E-state index in [0.717, 1.165) is 17.3 Å². The van der Waals surface area contributed by atoms with Gasteiger partial charge in [-0.1, -0.05) is 74.0 Å². The Morgan fingerprint density at radius 1 is 1.16 bits per heavy atom. The first-order valence-corrected chi connectivity index (χ1v) is 7.95. The van der Waals surface area contributed by atoms with Crippen LogP contribution in [0, 0.1) is 0 Å². The lowest BCUT2D eigenvalue weighted by Crippen LogP contribution is -2.25. The molecule has 0 atom stereocenters. The highest BCUT2D eigenvalue weighted by Crippen LogP contribution is 2.00. The molecule has 0 aliphatic heterocycles. The van der Waals surface area contributed by atoms with Crippen LogP contribution in [0.4, 0.5) is 4.79 Å². The van der Waals surface area contributed by atoms with Crippen LogP contribution in [-0.4, -0.2) is 18.0 Å². The predicted octanol–water partition coefficient (Wildman–Crippen LogP) is 4.75. The first-order valence-electron chi connectivity index (χ1n) is 6.83. The number of alkyl halides is 1. The molecule has 19 heavy (non-hydrogen) atoms. The molecule has 1 N–H and O–H groups in total. The highest BCUT2D eigenvalue weighted by atomic mass is 79.9. The molecule has 1 aromatic carbocycles. The quantitative estimate of drug-likeness (QED) is 0.624. The van der Waals surface area contributed by atoms with Crippen molar-refractivity contribution in [3.8, 4) is 0 Å². The minimum Gasteiger partial charge on any atom is -0.445 e. The van der Waals surface area contributed by atoms with Crippen LogP contribution in [0.3, 0.4) is 0 Å². The number of ether oxygens (including phenoxy) is 1. The Bertz CT molecular complexity index is 291. The second kappa shape index (κ2) is 17.0. The van der Waals surface area contributed by atoms with E-state index in [0.29, 0.717) is 13.2 Å². The van der Waals surface area contributed by atoms with Crippen molar-refractivity contribution in [3.05, 3.63) is 35.9 Å². The summed E-state index contributed by atoms with van der Waals surface area (Å²) in [4.78, 5) is 11.1. The Hall–Kier alpha value is -1.03. The van der Waals surface area contributed by atoms with Crippen molar-refractivity contribution in [3.63, 3.8) is 0 Å². The number of halogens is 1. The summed E-state index contributed by atoms with van der Waals surface area (Å²) in [5, 5.41) is 3.54. The van der Waals surface area contributed by atoms with Gasteiger partial charge in [-0.05, 0) is 12.0 Å². The highest BCUT2D eigenvalue weighted by molar-refractivity contribution is 9.09. The van der Waals surface area contributed by atoms with Gasteiger partial charge in [-0.25, -0.2) is 4.79 Å². The molecule has 0 unspecified atom stereocenters. The van der Waals surface area contributed by atoms with E-state index in [1.165, 1.54) is 0 Å². The smallest absolute Gasteiger partial charge is 0.407 e. The fourth-order valence-corrected chi connectivity index (χ4v) is 1.31. The first-order chi connectivity index (χ1) is 9.33. The lowest BCUT2D eigenvalue weighted by Gasteiger charge is -2.05. The van der Waals surface area contributed by atoms with Crippen LogP contribution >= 0.6 is 15.9 Å². The van der Waals surface area contributed by atoms with E-state index >= 15 is 0 Å². The molecule has 0 fully saturated rings. The van der Waals surface area contributed by atoms with Crippen LogP contribution in [0.2, 0.25) is 0 Å². The number of carbonyl (C=O) groups excluding carboxylic acids is 1. The highest BCUT2D eigenvalue weighted by Gasteiger charge is 2.00. The van der Waals surface area contributed by atoms with Crippen molar-refractivity contribution in [1.29, 1.82) is 0 Å². The molecule has 1 amide bonds. The number of nitrogens with one attached hydrogen (secondary N) is 1. The van der Waals surface area contributed by atoms with E-state index in [4.69, 9.17) is 4.74 Å². The van der Waals surface area contributed by atoms with E-state index in [-0.39, 0.29) is 6.09 Å². The summed E-state index contributed by atoms with van der Waals surface area (Å²) in [5.74, 6) is 0. The topological polar surface area (TPSA) is 38.3 Å². The van der Waals surface area contributed by atoms with Gasteiger partial charge in [0, 0.05) is 11.9 Å². The average molecular weight is 332 g/mol. The van der Waals surface area contributed by atoms with Crippen LogP contribution < -0.4 is 5.32 Å². The zero-order valence-corrected chi connectivity index (χ0v) is 14.0. The van der Waals surface area contributed by atoms with Crippen molar-refractivity contribution in [2.75, 3.05) is 11.9 Å². The van der Waals surface area contributed by atoms with Crippen LogP contribution in [0.5, 0.6) is 0 Å². The first kappa shape index (κ1) is 20.3. The molecule has 110 valence electrons. The van der Waals surface area contributed by atoms with Crippen molar-refractivity contribution < 1.29 is 9.53 Å². The Morgan fingerprint density at radius 3 is 2.26 bits per heavy atom. The van der Waals surface area contributed by atoms with E-state index in [1.807, 2.05) is 58.0 Å². The van der Waals surface area contributed by atoms with Crippen LogP contribution in [-0.2, 0) is 11.3 Å². The lowest BCUT2D eigenvalue weighted by molar-refractivity contribution is 0.139. The second-order valence-corrected chi connectivity index (χ2v) is 3.82. The van der Waals surface area contributed by atoms with E-state index in [2.05, 4.69) is 21.2 Å². The molecule has 1 rings (SSSR count). The summed E-state index contributed by atoms with van der Waals surface area (Å²) in [5.41, 5.74) is 0.994. The number of amides is 1. The lowest BCUT2D eigenvalue weighted by atomic mass is 10.2. The van der Waals surface area contributed by atoms with Gasteiger partial charge in [0.1, 0.15) is 6.61 Å². The molecule has 0 saturated heterocycles. The number of carbonyl (C=O) groups is 1. The zero-order chi connectivity index (χ0) is 14.9. The van der Waals surface area contributed by atoms with E-state index in [9.17, 15) is 4.79 Å². The maximum atomic E-state index is 11.1. The Kier molecular flexibility index (Phi) is 18.1. The standard InChI is InChI=1S/C11H14BrNO2.2C2H6/c12-7-4-8-13-11(14)15-9-10-5-2-1-3-6-10;2*1-2/h1-3,5-6H,4,7-9H2,(H,13,14);2*1-2H3. The fraction of sp³-hybridized carbons (Fsp3) is 0.533. The zero-order valence-electron chi connectivity index (χ0n) is 12.4. The third kappa shape index (κ3) is 13.2. The van der Waals surface area contributed by atoms with Gasteiger partial charge in [-0.2, -0.15) is 0 Å². The molecular formula is C15H26BrNO2. The summed E-state index contributed by atoms with van der Waals surface area (Å²) < 4.78 is 5.01. The van der Waals surface area contributed by atoms with Gasteiger partial charge in [-0.15, -0.1) is 0 Å². The van der Waals surface area contributed by atoms with Gasteiger partial charge >= 0.3 is 6.09 Å². The normalized spacial score (nSPS) is 8.26. The third-order valence-corrected chi connectivity index (χ3v) is 2.35. The van der Waals surface area contributed by atoms with Gasteiger partial charge < -0.3 is 10.1 Å². The van der Waals surface area contributed by atoms with Crippen molar-refractivity contribution >= 4 is 22.0 Å². The fourth-order valence-electron chi connectivity index (χ4n) is 1.03. The van der Waals surface area contributed by atoms with Crippen LogP contribution in [0.15, 0.2) is 30.3 Å². The minimum absolute atomic E-state index is 0.320. The second-order valence-electron chi connectivity index (χ2n) is 3.03. The van der Waals surface area contributed by atoms with Gasteiger partial charge in [0.05, 0.1) is 0 Å². The summed E-state index contributed by atoms with van der Waals surface area (Å²) in [7, 11) is 0. The van der Waals surface area contributed by atoms with Gasteiger partial charge in [-0.3, -0.25) is 0 Å². The number of hydrogen-bond acceptors (Lipinski definition) is 2. The van der Waals surface area contributed by atoms with Crippen molar-refractivity contribution in [2.24, 2.45) is 0 Å². The van der Waals surface area contributed by atoms with Gasteiger partial charge in [0.15, 0.2) is 0 Å². The van der Waals surface area contributed by atoms with Crippen molar-refractivity contribution in [2.45, 2.75) is 40.7 Å². The molecule has 3 nitrogen and oxygen atoms in total. The molecule has 0 radical (unpaired) electrons. The number of benzene rings is 1. The molecule has 0 aliphatic rings. The molecular weight excluding hydrogens is 306 g/mol. The number of hydrogen-bond donors (Lipinski definition) is 1. The number of alkyl carbamates (subject to hydrolysis) is 1. The van der Waals surface area contributed by atoms with Crippen LogP contribution in [0.1, 0.15) is 39.7 Å². The monoisotopic (exact) mass is 331 g/mol. The Labute approximate surface area is 125 Å². The molecule has 0 aromatic heterocycles. The van der Waals surface area contributed by atoms with Gasteiger partial charge in [0.25, 0.3) is 0 Å². The van der Waals surface area contributed by atoms with E-state index in [1.54, 1.807) is 0 Å². The molecule has 0 spiro atoms. The number of rotatable bonds is 5. The summed E-state index contributed by atoms with van der Waals surface area (Å²) >= 11 is 3.28. The molecule has 1 aromatic rings. The maximum Gasteiger partial charge on any atom is 0.407 e.